The largest absolute Gasteiger partial charge is 0.469 e. The van der Waals surface area contributed by atoms with Crippen LogP contribution < -0.4 is 0 Å². The molecule has 2 aromatic rings. The molecular weight excluding hydrogens is 537 g/mol. The Morgan fingerprint density at radius 3 is 2.27 bits per heavy atom. The van der Waals surface area contributed by atoms with Gasteiger partial charge in [-0.1, -0.05) is 75.2 Å². The Labute approximate surface area is 228 Å². The summed E-state index contributed by atoms with van der Waals surface area (Å²) in [5.74, 6) is -1.96. The molecule has 0 spiro atoms. The maximum atomic E-state index is 14.4. The molecule has 0 saturated carbocycles. The second-order valence-electron chi connectivity index (χ2n) is 11.0. The van der Waals surface area contributed by atoms with E-state index in [1.807, 2.05) is 39.0 Å². The fourth-order valence-electron chi connectivity index (χ4n) is 5.23. The number of hydrogen-bond donors (Lipinski definition) is 1. The summed E-state index contributed by atoms with van der Waals surface area (Å²) in [6.07, 6.45) is 0.0970. The van der Waals surface area contributed by atoms with Crippen LogP contribution in [0.3, 0.4) is 0 Å². The van der Waals surface area contributed by atoms with Crippen molar-refractivity contribution >= 4 is 45.2 Å². The number of nitrogens with zero attached hydrogens (tertiary/aromatic N) is 1. The van der Waals surface area contributed by atoms with Gasteiger partial charge in [-0.15, -0.1) is 0 Å². The van der Waals surface area contributed by atoms with Gasteiger partial charge in [0.05, 0.1) is 36.8 Å². The molecule has 0 aromatic heterocycles. The summed E-state index contributed by atoms with van der Waals surface area (Å²) >= 11 is 12.5. The summed E-state index contributed by atoms with van der Waals surface area (Å²) in [5, 5.41) is 1.02. The third kappa shape index (κ3) is 6.85. The van der Waals surface area contributed by atoms with Gasteiger partial charge in [-0.25, -0.2) is 0 Å². The van der Waals surface area contributed by atoms with Gasteiger partial charge < -0.3 is 9.64 Å². The number of ether oxygens (including phenoxy) is 1. The Morgan fingerprint density at radius 1 is 1.14 bits per heavy atom. The van der Waals surface area contributed by atoms with Gasteiger partial charge in [0.2, 0.25) is 5.91 Å². The minimum absolute atomic E-state index is 0.189. The molecule has 202 valence electrons. The number of piperidine rings is 1. The van der Waals surface area contributed by atoms with Crippen molar-refractivity contribution in [3.8, 4) is 0 Å². The van der Waals surface area contributed by atoms with Gasteiger partial charge in [0.25, 0.3) is 10.1 Å². The average Bonchev–Trinajstić information content (AvgIpc) is 2.78. The summed E-state index contributed by atoms with van der Waals surface area (Å²) < 4.78 is 39.3. The Kier molecular flexibility index (Phi) is 8.69. The maximum Gasteiger partial charge on any atom is 0.306 e. The molecule has 1 heterocycles. The van der Waals surface area contributed by atoms with Gasteiger partial charge in [-0.3, -0.25) is 14.1 Å². The molecule has 3 rings (SSSR count). The van der Waals surface area contributed by atoms with Gasteiger partial charge in [-0.2, -0.15) is 8.42 Å². The van der Waals surface area contributed by atoms with Crippen molar-refractivity contribution in [2.45, 2.75) is 58.5 Å². The lowest BCUT2D eigenvalue weighted by atomic mass is 9.66. The van der Waals surface area contributed by atoms with E-state index in [1.165, 1.54) is 7.11 Å². The highest BCUT2D eigenvalue weighted by molar-refractivity contribution is 7.85. The Morgan fingerprint density at radius 2 is 1.76 bits per heavy atom. The lowest BCUT2D eigenvalue weighted by Gasteiger charge is -2.54. The molecule has 1 fully saturated rings. The Hall–Kier alpha value is -2.13. The van der Waals surface area contributed by atoms with E-state index >= 15 is 0 Å². The second kappa shape index (κ2) is 10.9. The highest BCUT2D eigenvalue weighted by atomic mass is 35.5. The number of carbonyl (C=O) groups excluding carboxylic acids is 2. The van der Waals surface area contributed by atoms with Crippen LogP contribution in [-0.4, -0.2) is 48.7 Å². The lowest BCUT2D eigenvalue weighted by Crippen LogP contribution is -2.60. The summed E-state index contributed by atoms with van der Waals surface area (Å²) in [6.45, 7) is 7.14. The van der Waals surface area contributed by atoms with Gasteiger partial charge in [0.1, 0.15) is 0 Å². The third-order valence-electron chi connectivity index (χ3n) is 7.06. The molecule has 0 bridgehead atoms. The number of carbonyl (C=O) groups is 2. The molecule has 7 nitrogen and oxygen atoms in total. The molecular formula is C27H33Cl2NO6S. The number of hydrogen-bond acceptors (Lipinski definition) is 5. The molecule has 1 amide bonds. The number of halogens is 2. The Bertz CT molecular complexity index is 1260. The molecule has 2 aromatic carbocycles. The summed E-state index contributed by atoms with van der Waals surface area (Å²) in [6, 6.07) is 12.8. The predicted molar refractivity (Wildman–Crippen MR) is 144 cm³/mol. The van der Waals surface area contributed by atoms with Crippen molar-refractivity contribution in [3.05, 3.63) is 69.7 Å². The number of rotatable bonds is 7. The normalized spacial score (nSPS) is 23.6. The first kappa shape index (κ1) is 29.4. The molecule has 1 N–H and O–H groups in total. The number of esters is 1. The van der Waals surface area contributed by atoms with Crippen LogP contribution >= 0.6 is 23.2 Å². The molecule has 0 radical (unpaired) electrons. The van der Waals surface area contributed by atoms with Gasteiger partial charge in [0, 0.05) is 16.0 Å². The molecule has 1 aliphatic heterocycles. The Balaban J connectivity index is 2.34. The van der Waals surface area contributed by atoms with E-state index in [2.05, 4.69) is 0 Å². The topological polar surface area (TPSA) is 101 Å². The molecule has 10 heteroatoms. The van der Waals surface area contributed by atoms with E-state index in [0.717, 1.165) is 11.1 Å². The van der Waals surface area contributed by atoms with Crippen LogP contribution in [0.1, 0.15) is 63.6 Å². The van der Waals surface area contributed by atoms with Crippen molar-refractivity contribution in [2.75, 3.05) is 12.9 Å². The molecule has 37 heavy (non-hydrogen) atoms. The van der Waals surface area contributed by atoms with Gasteiger partial charge in [-0.05, 0) is 47.2 Å². The second-order valence-corrected chi connectivity index (χ2v) is 13.4. The smallest absolute Gasteiger partial charge is 0.306 e. The first-order valence-electron chi connectivity index (χ1n) is 11.9. The minimum Gasteiger partial charge on any atom is -0.469 e. The number of likely N-dealkylation sites (tertiary alicyclic amines) is 1. The SMILES string of the molecule is COC(=O)C[C@@]1(C)C[C@H](c2cccc(Cl)c2)[C@@H](c2ccc(Cl)cc2)N([C@H](CS(=O)(=O)O)C(C)(C)C)C1=O. The van der Waals surface area contributed by atoms with E-state index in [0.29, 0.717) is 10.0 Å². The first-order valence-corrected chi connectivity index (χ1v) is 14.3. The van der Waals surface area contributed by atoms with E-state index in [-0.39, 0.29) is 24.7 Å². The first-order chi connectivity index (χ1) is 17.1. The quantitative estimate of drug-likeness (QED) is 0.328. The third-order valence-corrected chi connectivity index (χ3v) is 8.28. The predicted octanol–water partition coefficient (Wildman–Crippen LogP) is 5.92. The van der Waals surface area contributed by atoms with Gasteiger partial charge >= 0.3 is 5.97 Å². The highest BCUT2D eigenvalue weighted by Gasteiger charge is 2.54. The van der Waals surface area contributed by atoms with Crippen molar-refractivity contribution in [3.63, 3.8) is 0 Å². The van der Waals surface area contributed by atoms with Crippen LogP contribution in [0.5, 0.6) is 0 Å². The van der Waals surface area contributed by atoms with Crippen LogP contribution in [0.15, 0.2) is 48.5 Å². The fourth-order valence-corrected chi connectivity index (χ4v) is 6.61. The minimum atomic E-state index is -4.47. The van der Waals surface area contributed by atoms with Gasteiger partial charge in [0.15, 0.2) is 0 Å². The zero-order valence-electron chi connectivity index (χ0n) is 21.6. The van der Waals surface area contributed by atoms with Crippen LogP contribution in [0.2, 0.25) is 10.0 Å². The number of methoxy groups -OCH3 is 1. The lowest BCUT2D eigenvalue weighted by molar-refractivity contribution is -0.163. The van der Waals surface area contributed by atoms with E-state index in [4.69, 9.17) is 27.9 Å². The summed E-state index contributed by atoms with van der Waals surface area (Å²) in [7, 11) is -3.21. The molecule has 0 aliphatic carbocycles. The van der Waals surface area contributed by atoms with Crippen molar-refractivity contribution in [1.82, 2.24) is 4.90 Å². The van der Waals surface area contributed by atoms with E-state index < -0.39 is 44.8 Å². The number of amides is 1. The molecule has 1 aliphatic rings. The number of benzene rings is 2. The van der Waals surface area contributed by atoms with Crippen molar-refractivity contribution in [1.29, 1.82) is 0 Å². The van der Waals surface area contributed by atoms with Crippen LogP contribution in [0.25, 0.3) is 0 Å². The van der Waals surface area contributed by atoms with Crippen molar-refractivity contribution in [2.24, 2.45) is 10.8 Å². The monoisotopic (exact) mass is 569 g/mol. The molecule has 4 atom stereocenters. The van der Waals surface area contributed by atoms with E-state index in [9.17, 15) is 22.6 Å². The van der Waals surface area contributed by atoms with Crippen LogP contribution in [0.4, 0.5) is 0 Å². The average molecular weight is 571 g/mol. The molecule has 1 saturated heterocycles. The standard InChI is InChI=1S/C27H33Cl2NO6S/c1-26(2,3)22(16-37(33,34)35)30-24(17-9-11-19(28)12-10-17)21(18-7-6-8-20(29)13-18)14-27(4,25(30)32)15-23(31)36-5/h6-13,21-22,24H,14-16H2,1-5H3,(H,33,34,35)/t21-,22-,24-,27-/m1/s1. The molecule has 0 unspecified atom stereocenters. The zero-order valence-corrected chi connectivity index (χ0v) is 23.9. The summed E-state index contributed by atoms with van der Waals surface area (Å²) in [4.78, 5) is 28.4. The zero-order chi connectivity index (χ0) is 27.8. The van der Waals surface area contributed by atoms with Crippen LogP contribution in [0, 0.1) is 10.8 Å². The fraction of sp³-hybridized carbons (Fsp3) is 0.481. The van der Waals surface area contributed by atoms with Crippen molar-refractivity contribution < 1.29 is 27.3 Å². The maximum absolute atomic E-state index is 14.4. The van der Waals surface area contributed by atoms with Crippen LogP contribution in [-0.2, 0) is 24.4 Å². The van der Waals surface area contributed by atoms with E-state index in [1.54, 1.807) is 42.2 Å². The highest BCUT2D eigenvalue weighted by Crippen LogP contribution is 2.53. The summed E-state index contributed by atoms with van der Waals surface area (Å²) in [5.41, 5.74) is -0.377.